The first-order chi connectivity index (χ1) is 5.80. The molecule has 13 heavy (non-hydrogen) atoms. The Kier molecular flexibility index (Phi) is 4.35. The Morgan fingerprint density at radius 2 is 1.92 bits per heavy atom. The third-order valence-corrected chi connectivity index (χ3v) is 2.68. The molecule has 0 unspecified atom stereocenters. The Hall–Kier alpha value is -0.620. The van der Waals surface area contributed by atoms with E-state index in [9.17, 15) is 13.2 Å². The zero-order valence-electron chi connectivity index (χ0n) is 7.98. The summed E-state index contributed by atoms with van der Waals surface area (Å²) in [6.07, 6.45) is 0. The van der Waals surface area contributed by atoms with Crippen LogP contribution < -0.4 is 5.73 Å². The molecular weight excluding hydrogens is 194 g/mol. The van der Waals surface area contributed by atoms with Gasteiger partial charge in [-0.2, -0.15) is 8.42 Å². The topological polar surface area (TPSA) is 86.5 Å². The summed E-state index contributed by atoms with van der Waals surface area (Å²) >= 11 is 0. The number of hydrogen-bond donors (Lipinski definition) is 1. The molecule has 0 spiro atoms. The van der Waals surface area contributed by atoms with Crippen molar-refractivity contribution < 1.29 is 17.4 Å². The fourth-order valence-electron chi connectivity index (χ4n) is 0.512. The van der Waals surface area contributed by atoms with Gasteiger partial charge in [-0.25, -0.2) is 4.79 Å². The van der Waals surface area contributed by atoms with Crippen molar-refractivity contribution in [2.24, 2.45) is 11.7 Å². The van der Waals surface area contributed by atoms with E-state index < -0.39 is 22.1 Å². The van der Waals surface area contributed by atoms with Gasteiger partial charge in [0, 0.05) is 0 Å². The molecule has 0 heterocycles. The molecule has 0 rings (SSSR count). The minimum atomic E-state index is -3.73. The Labute approximate surface area is 78.4 Å². The van der Waals surface area contributed by atoms with Gasteiger partial charge in [-0.05, 0) is 12.8 Å². The zero-order valence-corrected chi connectivity index (χ0v) is 8.80. The molecule has 0 aliphatic rings. The van der Waals surface area contributed by atoms with Crippen LogP contribution in [0, 0.1) is 5.92 Å². The zero-order chi connectivity index (χ0) is 10.6. The summed E-state index contributed by atoms with van der Waals surface area (Å²) in [5, 5.41) is 0. The van der Waals surface area contributed by atoms with Crippen molar-refractivity contribution in [1.29, 1.82) is 0 Å². The predicted molar refractivity (Wildman–Crippen MR) is 48.4 cm³/mol. The third kappa shape index (κ3) is 4.23. The lowest BCUT2D eigenvalue weighted by atomic mass is 10.1. The molecule has 0 saturated heterocycles. The molecular formula is C7H15NO4S. The van der Waals surface area contributed by atoms with Crippen LogP contribution in [-0.4, -0.2) is 26.2 Å². The van der Waals surface area contributed by atoms with Crippen molar-refractivity contribution in [3.63, 3.8) is 0 Å². The molecule has 78 valence electrons. The number of rotatable bonds is 4. The minimum absolute atomic E-state index is 0.139. The monoisotopic (exact) mass is 209 g/mol. The highest BCUT2D eigenvalue weighted by Gasteiger charge is 2.23. The predicted octanol–water partition coefficient (Wildman–Crippen LogP) is -0.137. The highest BCUT2D eigenvalue weighted by atomic mass is 32.2. The summed E-state index contributed by atoms with van der Waals surface area (Å²) in [4.78, 5) is 11.0. The molecule has 0 aliphatic carbocycles. The lowest BCUT2D eigenvalue weighted by Gasteiger charge is -2.13. The van der Waals surface area contributed by atoms with E-state index in [0.29, 0.717) is 0 Å². The lowest BCUT2D eigenvalue weighted by Crippen LogP contribution is -2.38. The summed E-state index contributed by atoms with van der Waals surface area (Å²) in [5.74, 6) is -1.26. The van der Waals surface area contributed by atoms with Crippen molar-refractivity contribution in [2.45, 2.75) is 26.8 Å². The highest BCUT2D eigenvalue weighted by molar-refractivity contribution is 7.87. The molecule has 0 fully saturated rings. The van der Waals surface area contributed by atoms with E-state index in [0.717, 1.165) is 0 Å². The average molecular weight is 209 g/mol. The van der Waals surface area contributed by atoms with Crippen LogP contribution >= 0.6 is 0 Å². The molecule has 0 bridgehead atoms. The molecule has 2 N–H and O–H groups in total. The summed E-state index contributed by atoms with van der Waals surface area (Å²) < 4.78 is 25.9. The standard InChI is InChI=1S/C7H15NO4S/c1-4-13(10,11)12-7(9)6(8)5(2)3/h5-6H,4,8H2,1-3H3/t6-/m0/s1. The Bertz CT molecular complexity index is 270. The van der Waals surface area contributed by atoms with Gasteiger partial charge < -0.3 is 9.92 Å². The second-order valence-corrected chi connectivity index (χ2v) is 4.88. The van der Waals surface area contributed by atoms with Crippen LogP contribution in [0.3, 0.4) is 0 Å². The van der Waals surface area contributed by atoms with Crippen LogP contribution in [-0.2, 0) is 19.1 Å². The molecule has 0 radical (unpaired) electrons. The van der Waals surface area contributed by atoms with Gasteiger partial charge >= 0.3 is 16.1 Å². The van der Waals surface area contributed by atoms with Crippen LogP contribution in [0.2, 0.25) is 0 Å². The van der Waals surface area contributed by atoms with Crippen molar-refractivity contribution in [2.75, 3.05) is 5.75 Å². The molecule has 5 nitrogen and oxygen atoms in total. The van der Waals surface area contributed by atoms with Gasteiger partial charge in [0.2, 0.25) is 0 Å². The molecule has 0 aromatic carbocycles. The summed E-state index contributed by atoms with van der Waals surface area (Å²) in [6.45, 7) is 4.82. The fourth-order valence-corrected chi connectivity index (χ4v) is 0.991. The summed E-state index contributed by atoms with van der Waals surface area (Å²) in [7, 11) is -3.73. The quantitative estimate of drug-likeness (QED) is 0.651. The maximum atomic E-state index is 11.0. The van der Waals surface area contributed by atoms with Gasteiger partial charge in [-0.3, -0.25) is 0 Å². The first kappa shape index (κ1) is 12.4. The number of carbonyl (C=O) groups excluding carboxylic acids is 1. The van der Waals surface area contributed by atoms with Gasteiger partial charge in [0.15, 0.2) is 0 Å². The van der Waals surface area contributed by atoms with Crippen LogP contribution in [0.4, 0.5) is 0 Å². The smallest absolute Gasteiger partial charge is 0.339 e. The Morgan fingerprint density at radius 1 is 1.46 bits per heavy atom. The van der Waals surface area contributed by atoms with Crippen molar-refractivity contribution in [1.82, 2.24) is 0 Å². The Balaban J connectivity index is 4.33. The highest BCUT2D eigenvalue weighted by Crippen LogP contribution is 2.03. The van der Waals surface area contributed by atoms with Crippen LogP contribution in [0.1, 0.15) is 20.8 Å². The molecule has 0 aromatic rings. The first-order valence-electron chi connectivity index (χ1n) is 4.01. The maximum absolute atomic E-state index is 11.0. The summed E-state index contributed by atoms with van der Waals surface area (Å²) in [5.41, 5.74) is 5.38. The minimum Gasteiger partial charge on any atom is -0.344 e. The molecule has 0 aromatic heterocycles. The average Bonchev–Trinajstić information content (AvgIpc) is 2.02. The van der Waals surface area contributed by atoms with Crippen LogP contribution in [0.25, 0.3) is 0 Å². The van der Waals surface area contributed by atoms with E-state index in [4.69, 9.17) is 5.73 Å². The molecule has 0 amide bonds. The molecule has 6 heteroatoms. The van der Waals surface area contributed by atoms with Gasteiger partial charge in [-0.1, -0.05) is 13.8 Å². The van der Waals surface area contributed by atoms with E-state index in [1.54, 1.807) is 13.8 Å². The number of carbonyl (C=O) groups is 1. The molecule has 0 saturated carbocycles. The first-order valence-corrected chi connectivity index (χ1v) is 5.59. The fraction of sp³-hybridized carbons (Fsp3) is 0.857. The Morgan fingerprint density at radius 3 is 2.23 bits per heavy atom. The van der Waals surface area contributed by atoms with Gasteiger partial charge in [0.25, 0.3) is 0 Å². The van der Waals surface area contributed by atoms with E-state index in [1.807, 2.05) is 0 Å². The largest absolute Gasteiger partial charge is 0.344 e. The maximum Gasteiger partial charge on any atom is 0.339 e. The number of hydrogen-bond acceptors (Lipinski definition) is 5. The third-order valence-electron chi connectivity index (χ3n) is 1.55. The SMILES string of the molecule is CCS(=O)(=O)OC(=O)[C@@H](N)C(C)C. The van der Waals surface area contributed by atoms with Crippen molar-refractivity contribution in [3.8, 4) is 0 Å². The van der Waals surface area contributed by atoms with Gasteiger partial charge in [0.1, 0.15) is 6.04 Å². The second kappa shape index (κ2) is 4.57. The van der Waals surface area contributed by atoms with E-state index >= 15 is 0 Å². The lowest BCUT2D eigenvalue weighted by molar-refractivity contribution is -0.136. The summed E-state index contributed by atoms with van der Waals surface area (Å²) in [6, 6.07) is -0.888. The second-order valence-electron chi connectivity index (χ2n) is 3.02. The number of nitrogens with two attached hydrogens (primary N) is 1. The van der Waals surface area contributed by atoms with Gasteiger partial charge in [-0.15, -0.1) is 0 Å². The van der Waals surface area contributed by atoms with E-state index in [-0.39, 0.29) is 11.7 Å². The van der Waals surface area contributed by atoms with E-state index in [2.05, 4.69) is 4.18 Å². The van der Waals surface area contributed by atoms with Gasteiger partial charge in [0.05, 0.1) is 5.75 Å². The van der Waals surface area contributed by atoms with Crippen LogP contribution in [0.5, 0.6) is 0 Å². The molecule has 0 aliphatic heterocycles. The van der Waals surface area contributed by atoms with Crippen molar-refractivity contribution >= 4 is 16.1 Å². The molecule has 1 atom stereocenters. The van der Waals surface area contributed by atoms with Crippen LogP contribution in [0.15, 0.2) is 0 Å². The normalized spacial score (nSPS) is 14.2. The van der Waals surface area contributed by atoms with E-state index in [1.165, 1.54) is 6.92 Å². The van der Waals surface area contributed by atoms with Crippen molar-refractivity contribution in [3.05, 3.63) is 0 Å².